The van der Waals surface area contributed by atoms with Crippen LogP contribution in [0, 0.1) is 0 Å². The predicted molar refractivity (Wildman–Crippen MR) is 60.0 cm³/mol. The van der Waals surface area contributed by atoms with Crippen LogP contribution in [0.1, 0.15) is 5.56 Å². The average molecular weight is 259 g/mol. The van der Waals surface area contributed by atoms with Gasteiger partial charge in [0, 0.05) is 19.1 Å². The SMILES string of the molecule is NC1CN(C(=O)Nc2ccccc2C(F)(F)F)C1. The quantitative estimate of drug-likeness (QED) is 0.809. The molecule has 1 aliphatic heterocycles. The van der Waals surface area contributed by atoms with Gasteiger partial charge in [0.15, 0.2) is 0 Å². The summed E-state index contributed by atoms with van der Waals surface area (Å²) in [7, 11) is 0. The van der Waals surface area contributed by atoms with Gasteiger partial charge in [-0.1, -0.05) is 12.1 Å². The summed E-state index contributed by atoms with van der Waals surface area (Å²) in [5.74, 6) is 0. The Balaban J connectivity index is 2.12. The molecule has 1 aromatic carbocycles. The standard InChI is InChI=1S/C11H12F3N3O/c12-11(13,14)8-3-1-2-4-9(8)16-10(18)17-5-7(15)6-17/h1-4,7H,5-6,15H2,(H,16,18). The number of benzene rings is 1. The maximum atomic E-state index is 12.7. The number of carbonyl (C=O) groups is 1. The molecular formula is C11H12F3N3O. The van der Waals surface area contributed by atoms with E-state index in [0.717, 1.165) is 6.07 Å². The summed E-state index contributed by atoms with van der Waals surface area (Å²) < 4.78 is 38.0. The zero-order valence-electron chi connectivity index (χ0n) is 9.37. The first-order valence-electron chi connectivity index (χ1n) is 5.35. The molecule has 0 saturated carbocycles. The van der Waals surface area contributed by atoms with Crippen molar-refractivity contribution in [2.24, 2.45) is 5.73 Å². The maximum absolute atomic E-state index is 12.7. The van der Waals surface area contributed by atoms with Gasteiger partial charge >= 0.3 is 12.2 Å². The zero-order valence-corrected chi connectivity index (χ0v) is 9.37. The molecule has 0 radical (unpaired) electrons. The number of para-hydroxylation sites is 1. The molecule has 1 saturated heterocycles. The van der Waals surface area contributed by atoms with Crippen LogP contribution < -0.4 is 11.1 Å². The molecule has 0 aliphatic carbocycles. The predicted octanol–water partition coefficient (Wildman–Crippen LogP) is 1.88. The second kappa shape index (κ2) is 4.49. The normalized spacial score (nSPS) is 16.3. The molecule has 1 aromatic rings. The number of halogens is 3. The van der Waals surface area contributed by atoms with Crippen LogP contribution in [-0.2, 0) is 6.18 Å². The van der Waals surface area contributed by atoms with Crippen LogP contribution in [0.25, 0.3) is 0 Å². The third-order valence-electron chi connectivity index (χ3n) is 2.67. The van der Waals surface area contributed by atoms with Crippen LogP contribution in [0.3, 0.4) is 0 Å². The monoisotopic (exact) mass is 259 g/mol. The van der Waals surface area contributed by atoms with Crippen molar-refractivity contribution in [3.8, 4) is 0 Å². The minimum atomic E-state index is -4.49. The smallest absolute Gasteiger partial charge is 0.325 e. The molecule has 98 valence electrons. The molecule has 7 heteroatoms. The number of anilines is 1. The molecule has 1 fully saturated rings. The van der Waals surface area contributed by atoms with Crippen LogP contribution >= 0.6 is 0 Å². The number of urea groups is 1. The van der Waals surface area contributed by atoms with Gasteiger partial charge in [0.25, 0.3) is 0 Å². The Morgan fingerprint density at radius 2 is 1.94 bits per heavy atom. The summed E-state index contributed by atoms with van der Waals surface area (Å²) in [6, 6.07) is 4.21. The van der Waals surface area contributed by atoms with Gasteiger partial charge < -0.3 is 16.0 Å². The Kier molecular flexibility index (Phi) is 3.16. The Hall–Kier alpha value is -1.76. The van der Waals surface area contributed by atoms with E-state index >= 15 is 0 Å². The number of hydrogen-bond acceptors (Lipinski definition) is 2. The number of amides is 2. The highest BCUT2D eigenvalue weighted by atomic mass is 19.4. The molecule has 18 heavy (non-hydrogen) atoms. The van der Waals surface area contributed by atoms with E-state index in [1.54, 1.807) is 0 Å². The Bertz CT molecular complexity index is 455. The van der Waals surface area contributed by atoms with E-state index in [9.17, 15) is 18.0 Å². The van der Waals surface area contributed by atoms with Crippen molar-refractivity contribution in [1.29, 1.82) is 0 Å². The van der Waals surface area contributed by atoms with Crippen molar-refractivity contribution in [2.45, 2.75) is 12.2 Å². The van der Waals surface area contributed by atoms with E-state index in [4.69, 9.17) is 5.73 Å². The molecule has 0 unspecified atom stereocenters. The highest BCUT2D eigenvalue weighted by Crippen LogP contribution is 2.34. The Morgan fingerprint density at radius 3 is 2.50 bits per heavy atom. The summed E-state index contributed by atoms with van der Waals surface area (Å²) in [5.41, 5.74) is 4.40. The lowest BCUT2D eigenvalue weighted by Gasteiger charge is -2.36. The van der Waals surface area contributed by atoms with Gasteiger partial charge in [-0.15, -0.1) is 0 Å². The first-order chi connectivity index (χ1) is 8.38. The molecule has 4 nitrogen and oxygen atoms in total. The summed E-state index contributed by atoms with van der Waals surface area (Å²) in [5, 5.41) is 2.25. The third-order valence-corrected chi connectivity index (χ3v) is 2.67. The van der Waals surface area contributed by atoms with Gasteiger partial charge in [-0.3, -0.25) is 0 Å². The Labute approximate surface area is 102 Å². The van der Waals surface area contributed by atoms with Crippen molar-refractivity contribution >= 4 is 11.7 Å². The van der Waals surface area contributed by atoms with E-state index in [1.165, 1.54) is 23.1 Å². The van der Waals surface area contributed by atoms with Crippen LogP contribution in [0.15, 0.2) is 24.3 Å². The van der Waals surface area contributed by atoms with Crippen LogP contribution in [0.4, 0.5) is 23.7 Å². The van der Waals surface area contributed by atoms with Gasteiger partial charge in [0.05, 0.1) is 11.3 Å². The number of hydrogen-bond donors (Lipinski definition) is 2. The topological polar surface area (TPSA) is 58.4 Å². The fourth-order valence-corrected chi connectivity index (χ4v) is 1.71. The van der Waals surface area contributed by atoms with Crippen molar-refractivity contribution in [3.63, 3.8) is 0 Å². The highest BCUT2D eigenvalue weighted by molar-refractivity contribution is 5.90. The number of carbonyl (C=O) groups excluding carboxylic acids is 1. The minimum absolute atomic E-state index is 0.0893. The molecule has 3 N–H and O–H groups in total. The van der Waals surface area contributed by atoms with Crippen LogP contribution in [-0.4, -0.2) is 30.1 Å². The number of nitrogens with zero attached hydrogens (tertiary/aromatic N) is 1. The molecule has 2 amide bonds. The summed E-state index contributed by atoms with van der Waals surface area (Å²) >= 11 is 0. The van der Waals surface area contributed by atoms with E-state index in [2.05, 4.69) is 5.32 Å². The van der Waals surface area contributed by atoms with Crippen LogP contribution in [0.2, 0.25) is 0 Å². The molecule has 2 rings (SSSR count). The number of rotatable bonds is 1. The first-order valence-corrected chi connectivity index (χ1v) is 5.35. The molecule has 1 aliphatic rings. The van der Waals surface area contributed by atoms with Crippen molar-refractivity contribution in [3.05, 3.63) is 29.8 Å². The summed E-state index contributed by atoms with van der Waals surface area (Å²) in [6.45, 7) is 0.722. The highest BCUT2D eigenvalue weighted by Gasteiger charge is 2.34. The lowest BCUT2D eigenvalue weighted by Crippen LogP contribution is -2.59. The van der Waals surface area contributed by atoms with Gasteiger partial charge in [-0.25, -0.2) is 4.79 Å². The second-order valence-electron chi connectivity index (χ2n) is 4.14. The summed E-state index contributed by atoms with van der Waals surface area (Å²) in [6.07, 6.45) is -4.49. The van der Waals surface area contributed by atoms with Gasteiger partial charge in [-0.2, -0.15) is 13.2 Å². The van der Waals surface area contributed by atoms with E-state index in [0.29, 0.717) is 13.1 Å². The lowest BCUT2D eigenvalue weighted by atomic mass is 10.1. The van der Waals surface area contributed by atoms with Crippen LogP contribution in [0.5, 0.6) is 0 Å². The molecule has 0 atom stereocenters. The van der Waals surface area contributed by atoms with Crippen molar-refractivity contribution in [2.75, 3.05) is 18.4 Å². The Morgan fingerprint density at radius 1 is 1.33 bits per heavy atom. The van der Waals surface area contributed by atoms with E-state index in [1.807, 2.05) is 0 Å². The van der Waals surface area contributed by atoms with Crippen molar-refractivity contribution in [1.82, 2.24) is 4.90 Å². The number of nitrogens with one attached hydrogen (secondary N) is 1. The largest absolute Gasteiger partial charge is 0.418 e. The number of likely N-dealkylation sites (tertiary alicyclic amines) is 1. The molecule has 0 spiro atoms. The van der Waals surface area contributed by atoms with Crippen molar-refractivity contribution < 1.29 is 18.0 Å². The number of nitrogens with two attached hydrogens (primary N) is 1. The molecule has 0 bridgehead atoms. The fraction of sp³-hybridized carbons (Fsp3) is 0.364. The second-order valence-corrected chi connectivity index (χ2v) is 4.14. The lowest BCUT2D eigenvalue weighted by molar-refractivity contribution is -0.136. The molecular weight excluding hydrogens is 247 g/mol. The van der Waals surface area contributed by atoms with E-state index in [-0.39, 0.29) is 11.7 Å². The van der Waals surface area contributed by atoms with Gasteiger partial charge in [0.2, 0.25) is 0 Å². The maximum Gasteiger partial charge on any atom is 0.418 e. The van der Waals surface area contributed by atoms with Gasteiger partial charge in [-0.05, 0) is 12.1 Å². The first kappa shape index (κ1) is 12.7. The summed E-state index contributed by atoms with van der Waals surface area (Å²) in [4.78, 5) is 13.0. The van der Waals surface area contributed by atoms with Gasteiger partial charge in [0.1, 0.15) is 0 Å². The van der Waals surface area contributed by atoms with E-state index < -0.39 is 17.8 Å². The zero-order chi connectivity index (χ0) is 13.3. The average Bonchev–Trinajstić information content (AvgIpc) is 2.24. The third kappa shape index (κ3) is 2.56. The molecule has 1 heterocycles. The number of alkyl halides is 3. The minimum Gasteiger partial charge on any atom is -0.325 e. The fourth-order valence-electron chi connectivity index (χ4n) is 1.71. The molecule has 0 aromatic heterocycles.